The number of rotatable bonds is 4. The molecule has 0 aliphatic heterocycles. The second kappa shape index (κ2) is 5.47. The second-order valence-electron chi connectivity index (χ2n) is 3.31. The molecular weight excluding hydrogens is 208 g/mol. The first-order valence-electron chi connectivity index (χ1n) is 4.78. The van der Waals surface area contributed by atoms with Crippen LogP contribution in [-0.4, -0.2) is 30.0 Å². The van der Waals surface area contributed by atoms with Crippen LogP contribution in [0.25, 0.3) is 0 Å². The number of benzene rings is 1. The maximum atomic E-state index is 9.78. The standard InChI is InChI=1S/C11H14N2O3/c1-16-8-3-2-7(5-12)9(4-8)11(15)10(14)6-13/h2-4,10-11,14-15H,6,13H2,1H3. The minimum absolute atomic E-state index is 0.0801. The van der Waals surface area contributed by atoms with Crippen LogP contribution in [0.5, 0.6) is 5.75 Å². The molecule has 0 aromatic heterocycles. The van der Waals surface area contributed by atoms with Crippen LogP contribution in [0.2, 0.25) is 0 Å². The molecule has 86 valence electrons. The summed E-state index contributed by atoms with van der Waals surface area (Å²) in [7, 11) is 1.48. The fourth-order valence-corrected chi connectivity index (χ4v) is 1.35. The molecule has 1 aromatic rings. The normalized spacial score (nSPS) is 13.9. The Hall–Kier alpha value is -1.61. The molecule has 1 rings (SSSR count). The van der Waals surface area contributed by atoms with E-state index in [0.29, 0.717) is 16.9 Å². The van der Waals surface area contributed by atoms with E-state index in [9.17, 15) is 10.2 Å². The highest BCUT2D eigenvalue weighted by atomic mass is 16.5. The molecule has 5 heteroatoms. The summed E-state index contributed by atoms with van der Waals surface area (Å²) in [6.45, 7) is -0.0801. The molecule has 0 saturated heterocycles. The molecule has 0 heterocycles. The SMILES string of the molecule is COc1ccc(C#N)c(C(O)C(O)CN)c1. The molecule has 0 bridgehead atoms. The first kappa shape index (κ1) is 12.5. The number of hydrogen-bond acceptors (Lipinski definition) is 5. The van der Waals surface area contributed by atoms with Crippen molar-refractivity contribution in [3.05, 3.63) is 29.3 Å². The van der Waals surface area contributed by atoms with Gasteiger partial charge in [0.1, 0.15) is 11.9 Å². The highest BCUT2D eigenvalue weighted by Gasteiger charge is 2.20. The highest BCUT2D eigenvalue weighted by molar-refractivity contribution is 5.44. The average molecular weight is 222 g/mol. The monoisotopic (exact) mass is 222 g/mol. The average Bonchev–Trinajstić information content (AvgIpc) is 2.35. The van der Waals surface area contributed by atoms with E-state index in [-0.39, 0.29) is 6.54 Å². The summed E-state index contributed by atoms with van der Waals surface area (Å²) in [5.41, 5.74) is 5.86. The summed E-state index contributed by atoms with van der Waals surface area (Å²) in [6, 6.07) is 6.60. The van der Waals surface area contributed by atoms with Gasteiger partial charge in [-0.2, -0.15) is 5.26 Å². The van der Waals surface area contributed by atoms with Gasteiger partial charge in [0.25, 0.3) is 0 Å². The van der Waals surface area contributed by atoms with Crippen molar-refractivity contribution >= 4 is 0 Å². The smallest absolute Gasteiger partial charge is 0.119 e. The van der Waals surface area contributed by atoms with Gasteiger partial charge >= 0.3 is 0 Å². The van der Waals surface area contributed by atoms with Crippen molar-refractivity contribution in [1.82, 2.24) is 0 Å². The van der Waals surface area contributed by atoms with Crippen molar-refractivity contribution in [2.24, 2.45) is 5.73 Å². The third-order valence-corrected chi connectivity index (χ3v) is 2.30. The molecule has 0 spiro atoms. The van der Waals surface area contributed by atoms with Crippen molar-refractivity contribution in [3.63, 3.8) is 0 Å². The Morgan fingerprint density at radius 1 is 1.50 bits per heavy atom. The van der Waals surface area contributed by atoms with Crippen molar-refractivity contribution in [3.8, 4) is 11.8 Å². The van der Waals surface area contributed by atoms with Crippen LogP contribution in [0.1, 0.15) is 17.2 Å². The topological polar surface area (TPSA) is 99.5 Å². The fraction of sp³-hybridized carbons (Fsp3) is 0.364. The van der Waals surface area contributed by atoms with E-state index in [0.717, 1.165) is 0 Å². The second-order valence-corrected chi connectivity index (χ2v) is 3.31. The van der Waals surface area contributed by atoms with Gasteiger partial charge in [0.15, 0.2) is 0 Å². The van der Waals surface area contributed by atoms with E-state index in [4.69, 9.17) is 15.7 Å². The molecule has 0 fully saturated rings. The number of methoxy groups -OCH3 is 1. The van der Waals surface area contributed by atoms with Crippen molar-refractivity contribution < 1.29 is 14.9 Å². The molecule has 2 unspecified atom stereocenters. The minimum Gasteiger partial charge on any atom is -0.497 e. The number of aliphatic hydroxyl groups excluding tert-OH is 2. The quantitative estimate of drug-likeness (QED) is 0.661. The summed E-state index contributed by atoms with van der Waals surface area (Å²) in [5, 5.41) is 28.1. The zero-order chi connectivity index (χ0) is 12.1. The number of nitrogens with two attached hydrogens (primary N) is 1. The Balaban J connectivity index is 3.14. The summed E-state index contributed by atoms with van der Waals surface area (Å²) >= 11 is 0. The lowest BCUT2D eigenvalue weighted by Gasteiger charge is -2.18. The first-order chi connectivity index (χ1) is 7.63. The van der Waals surface area contributed by atoms with E-state index in [1.165, 1.54) is 19.2 Å². The molecule has 0 aliphatic rings. The van der Waals surface area contributed by atoms with Gasteiger partial charge in [0.2, 0.25) is 0 Å². The molecule has 0 amide bonds. The molecule has 0 saturated carbocycles. The Bertz CT molecular complexity index is 401. The molecule has 4 N–H and O–H groups in total. The Labute approximate surface area is 93.7 Å². The molecule has 16 heavy (non-hydrogen) atoms. The zero-order valence-corrected chi connectivity index (χ0v) is 8.92. The van der Waals surface area contributed by atoms with E-state index < -0.39 is 12.2 Å². The van der Waals surface area contributed by atoms with E-state index in [2.05, 4.69) is 0 Å². The minimum atomic E-state index is -1.19. The lowest BCUT2D eigenvalue weighted by molar-refractivity contribution is 0.0241. The van der Waals surface area contributed by atoms with Crippen molar-refractivity contribution in [2.75, 3.05) is 13.7 Å². The molecule has 0 aliphatic carbocycles. The maximum Gasteiger partial charge on any atom is 0.119 e. The first-order valence-corrected chi connectivity index (χ1v) is 4.78. The van der Waals surface area contributed by atoms with Gasteiger partial charge in [0.05, 0.1) is 24.8 Å². The lowest BCUT2D eigenvalue weighted by Crippen LogP contribution is -2.27. The summed E-state index contributed by atoms with van der Waals surface area (Å²) in [6.07, 6.45) is -2.28. The van der Waals surface area contributed by atoms with E-state index in [1.54, 1.807) is 6.07 Å². The highest BCUT2D eigenvalue weighted by Crippen LogP contribution is 2.25. The van der Waals surface area contributed by atoms with Crippen LogP contribution < -0.4 is 10.5 Å². The van der Waals surface area contributed by atoms with Crippen LogP contribution in [0.4, 0.5) is 0 Å². The number of aliphatic hydroxyl groups is 2. The van der Waals surface area contributed by atoms with Crippen LogP contribution in [0.15, 0.2) is 18.2 Å². The fourth-order valence-electron chi connectivity index (χ4n) is 1.35. The van der Waals surface area contributed by atoms with Crippen LogP contribution in [0.3, 0.4) is 0 Å². The third-order valence-electron chi connectivity index (χ3n) is 2.30. The van der Waals surface area contributed by atoms with Gasteiger partial charge in [-0.15, -0.1) is 0 Å². The van der Waals surface area contributed by atoms with Gasteiger partial charge in [-0.25, -0.2) is 0 Å². The summed E-state index contributed by atoms with van der Waals surface area (Å²) < 4.78 is 4.98. The van der Waals surface area contributed by atoms with Gasteiger partial charge in [-0.1, -0.05) is 0 Å². The predicted molar refractivity (Wildman–Crippen MR) is 57.7 cm³/mol. The number of nitrogens with zero attached hydrogens (tertiary/aromatic N) is 1. The van der Waals surface area contributed by atoms with Crippen molar-refractivity contribution in [1.29, 1.82) is 5.26 Å². The third kappa shape index (κ3) is 2.49. The summed E-state index contributed by atoms with van der Waals surface area (Å²) in [4.78, 5) is 0. The van der Waals surface area contributed by atoms with Gasteiger partial charge in [-0.3, -0.25) is 0 Å². The molecule has 0 radical (unpaired) electrons. The molecule has 2 atom stereocenters. The van der Waals surface area contributed by atoms with Gasteiger partial charge < -0.3 is 20.7 Å². The lowest BCUT2D eigenvalue weighted by atomic mass is 9.99. The molecular formula is C11H14N2O3. The predicted octanol–water partition coefficient (Wildman–Crippen LogP) is -0.0801. The van der Waals surface area contributed by atoms with Gasteiger partial charge in [0, 0.05) is 12.1 Å². The van der Waals surface area contributed by atoms with Crippen LogP contribution in [-0.2, 0) is 0 Å². The Morgan fingerprint density at radius 3 is 2.69 bits per heavy atom. The molecule has 1 aromatic carbocycles. The van der Waals surface area contributed by atoms with E-state index >= 15 is 0 Å². The number of ether oxygens (including phenoxy) is 1. The summed E-state index contributed by atoms with van der Waals surface area (Å²) in [5.74, 6) is 0.511. The zero-order valence-electron chi connectivity index (χ0n) is 8.92. The van der Waals surface area contributed by atoms with Gasteiger partial charge in [-0.05, 0) is 18.2 Å². The van der Waals surface area contributed by atoms with Crippen molar-refractivity contribution in [2.45, 2.75) is 12.2 Å². The maximum absolute atomic E-state index is 9.78. The Kier molecular flexibility index (Phi) is 4.26. The van der Waals surface area contributed by atoms with E-state index in [1.807, 2.05) is 6.07 Å². The number of hydrogen-bond donors (Lipinski definition) is 3. The van der Waals surface area contributed by atoms with Crippen LogP contribution in [0, 0.1) is 11.3 Å². The largest absolute Gasteiger partial charge is 0.497 e. The molecule has 5 nitrogen and oxygen atoms in total. The van der Waals surface area contributed by atoms with Crippen LogP contribution >= 0.6 is 0 Å². The number of nitriles is 1. The Morgan fingerprint density at radius 2 is 2.19 bits per heavy atom.